The van der Waals surface area contributed by atoms with Gasteiger partial charge in [-0.15, -0.1) is 8.78 Å². The summed E-state index contributed by atoms with van der Waals surface area (Å²) in [5.74, 6) is -0.895. The second kappa shape index (κ2) is 6.26. The second-order valence-electron chi connectivity index (χ2n) is 6.79. The number of rotatable bonds is 4. The van der Waals surface area contributed by atoms with Crippen LogP contribution in [0.5, 0.6) is 23.3 Å². The molecule has 0 bridgehead atoms. The van der Waals surface area contributed by atoms with Crippen LogP contribution in [0.15, 0.2) is 24.5 Å². The summed E-state index contributed by atoms with van der Waals surface area (Å²) in [5.41, 5.74) is -0.410. The normalized spacial score (nSPS) is 22.0. The molecule has 11 heteroatoms. The van der Waals surface area contributed by atoms with E-state index in [1.54, 1.807) is 20.8 Å². The SMILES string of the molecule is CC[C@@]1(C)NC(=O)N(c2cnc(Oc3ccc(C)c4c3OC(F)(F)O4)nc2)C1=O. The van der Waals surface area contributed by atoms with Crippen molar-refractivity contribution in [3.63, 3.8) is 0 Å². The van der Waals surface area contributed by atoms with Gasteiger partial charge < -0.3 is 19.5 Å². The fraction of sp³-hybridized carbons (Fsp3) is 0.333. The summed E-state index contributed by atoms with van der Waals surface area (Å²) in [6, 6.07) is 2.16. The molecule has 1 aromatic heterocycles. The monoisotopic (exact) mass is 406 g/mol. The average Bonchev–Trinajstić information content (AvgIpc) is 3.12. The number of aromatic nitrogens is 2. The van der Waals surface area contributed by atoms with Gasteiger partial charge in [-0.05, 0) is 31.9 Å². The standard InChI is InChI=1S/C18H16F2N4O5/c1-4-17(3)14(25)24(16(26)23-17)10-7-21-15(22-8-10)27-11-6-5-9(2)12-13(11)29-18(19,20)28-12/h5-8H,4H2,1-3H3,(H,23,26)/t17-/m1/s1. The molecule has 2 aliphatic heterocycles. The van der Waals surface area contributed by atoms with Gasteiger partial charge in [0.2, 0.25) is 5.75 Å². The lowest BCUT2D eigenvalue weighted by Gasteiger charge is -2.19. The summed E-state index contributed by atoms with van der Waals surface area (Å²) in [4.78, 5) is 33.5. The van der Waals surface area contributed by atoms with Gasteiger partial charge in [-0.2, -0.15) is 0 Å². The first-order chi connectivity index (χ1) is 13.6. The molecule has 0 radical (unpaired) electrons. The first-order valence-corrected chi connectivity index (χ1v) is 8.69. The molecule has 0 aliphatic carbocycles. The number of fused-ring (bicyclic) bond motifs is 1. The Balaban J connectivity index is 1.58. The largest absolute Gasteiger partial charge is 0.586 e. The molecule has 0 spiro atoms. The van der Waals surface area contributed by atoms with Crippen LogP contribution in [-0.2, 0) is 4.79 Å². The summed E-state index contributed by atoms with van der Waals surface area (Å²) in [6.07, 6.45) is -0.933. The van der Waals surface area contributed by atoms with Gasteiger partial charge in [0, 0.05) is 0 Å². The van der Waals surface area contributed by atoms with E-state index >= 15 is 0 Å². The lowest BCUT2D eigenvalue weighted by Crippen LogP contribution is -2.43. The second-order valence-corrected chi connectivity index (χ2v) is 6.79. The van der Waals surface area contributed by atoms with Crippen LogP contribution in [0.25, 0.3) is 0 Å². The number of nitrogens with zero attached hydrogens (tertiary/aromatic N) is 3. The molecule has 1 N–H and O–H groups in total. The number of hydrogen-bond donors (Lipinski definition) is 1. The van der Waals surface area contributed by atoms with E-state index in [1.807, 2.05) is 0 Å². The first-order valence-electron chi connectivity index (χ1n) is 8.69. The average molecular weight is 406 g/mol. The Morgan fingerprint density at radius 1 is 1.17 bits per heavy atom. The zero-order chi connectivity index (χ0) is 21.0. The maximum absolute atomic E-state index is 13.4. The van der Waals surface area contributed by atoms with E-state index in [2.05, 4.69) is 24.8 Å². The molecular formula is C18H16F2N4O5. The van der Waals surface area contributed by atoms with Crippen LogP contribution in [0.1, 0.15) is 25.8 Å². The highest BCUT2D eigenvalue weighted by Crippen LogP contribution is 2.49. The maximum Gasteiger partial charge on any atom is 0.586 e. The molecule has 0 unspecified atom stereocenters. The van der Waals surface area contributed by atoms with Crippen LogP contribution in [0.2, 0.25) is 0 Å². The number of ether oxygens (including phenoxy) is 3. The molecule has 1 fully saturated rings. The number of urea groups is 1. The lowest BCUT2D eigenvalue weighted by molar-refractivity contribution is -0.287. The zero-order valence-electron chi connectivity index (χ0n) is 15.7. The van der Waals surface area contributed by atoms with Crippen molar-refractivity contribution < 1.29 is 32.6 Å². The van der Waals surface area contributed by atoms with Gasteiger partial charge >= 0.3 is 18.3 Å². The van der Waals surface area contributed by atoms with Gasteiger partial charge in [0.05, 0.1) is 18.1 Å². The molecule has 3 heterocycles. The van der Waals surface area contributed by atoms with Crippen LogP contribution in [0, 0.1) is 6.92 Å². The Morgan fingerprint density at radius 3 is 2.45 bits per heavy atom. The number of benzene rings is 1. The van der Waals surface area contributed by atoms with Gasteiger partial charge in [0.1, 0.15) is 5.54 Å². The summed E-state index contributed by atoms with van der Waals surface area (Å²) in [6.45, 7) is 4.99. The fourth-order valence-electron chi connectivity index (χ4n) is 2.94. The van der Waals surface area contributed by atoms with E-state index in [0.29, 0.717) is 12.0 Å². The van der Waals surface area contributed by atoms with Gasteiger partial charge in [-0.3, -0.25) is 4.79 Å². The van der Waals surface area contributed by atoms with Crippen molar-refractivity contribution in [1.82, 2.24) is 15.3 Å². The van der Waals surface area contributed by atoms with Crippen molar-refractivity contribution in [2.45, 2.75) is 39.0 Å². The third-order valence-electron chi connectivity index (χ3n) is 4.76. The zero-order valence-corrected chi connectivity index (χ0v) is 15.7. The Kier molecular flexibility index (Phi) is 4.07. The topological polar surface area (TPSA) is 103 Å². The number of amides is 3. The number of imide groups is 1. The Morgan fingerprint density at radius 2 is 1.83 bits per heavy atom. The third-order valence-corrected chi connectivity index (χ3v) is 4.76. The van der Waals surface area contributed by atoms with Crippen molar-refractivity contribution in [1.29, 1.82) is 0 Å². The Bertz CT molecular complexity index is 1010. The van der Waals surface area contributed by atoms with Gasteiger partial charge in [0.25, 0.3) is 5.91 Å². The number of nitrogens with one attached hydrogen (secondary N) is 1. The van der Waals surface area contributed by atoms with Crippen LogP contribution in [-0.4, -0.2) is 33.7 Å². The predicted octanol–water partition coefficient (Wildman–Crippen LogP) is 3.12. The minimum atomic E-state index is -3.80. The van der Waals surface area contributed by atoms with Crippen LogP contribution >= 0.6 is 0 Å². The van der Waals surface area contributed by atoms with E-state index in [1.165, 1.54) is 24.5 Å². The van der Waals surface area contributed by atoms with Crippen molar-refractivity contribution in [3.05, 3.63) is 30.1 Å². The quantitative estimate of drug-likeness (QED) is 0.778. The number of anilines is 1. The van der Waals surface area contributed by atoms with Gasteiger partial charge in [0.15, 0.2) is 11.5 Å². The minimum absolute atomic E-state index is 0.0657. The molecule has 1 aromatic carbocycles. The molecule has 1 atom stereocenters. The highest BCUT2D eigenvalue weighted by Gasteiger charge is 2.48. The fourth-order valence-corrected chi connectivity index (χ4v) is 2.94. The summed E-state index contributed by atoms with van der Waals surface area (Å²) < 4.78 is 41.3. The molecule has 2 aliphatic rings. The summed E-state index contributed by atoms with van der Waals surface area (Å²) >= 11 is 0. The number of carbonyl (C=O) groups excluding carboxylic acids is 2. The molecule has 3 amide bonds. The number of aryl methyl sites for hydroxylation is 1. The predicted molar refractivity (Wildman–Crippen MR) is 94.2 cm³/mol. The molecule has 0 saturated carbocycles. The van der Waals surface area contributed by atoms with Gasteiger partial charge in [-0.1, -0.05) is 13.0 Å². The van der Waals surface area contributed by atoms with Gasteiger partial charge in [-0.25, -0.2) is 19.7 Å². The van der Waals surface area contributed by atoms with Crippen LogP contribution in [0.3, 0.4) is 0 Å². The molecule has 9 nitrogen and oxygen atoms in total. The highest BCUT2D eigenvalue weighted by atomic mass is 19.3. The molecule has 4 rings (SSSR count). The van der Waals surface area contributed by atoms with E-state index in [4.69, 9.17) is 4.74 Å². The summed E-state index contributed by atoms with van der Waals surface area (Å²) in [7, 11) is 0. The minimum Gasteiger partial charge on any atom is -0.420 e. The smallest absolute Gasteiger partial charge is 0.420 e. The molecule has 1 saturated heterocycles. The number of halogens is 2. The van der Waals surface area contributed by atoms with Crippen molar-refractivity contribution in [3.8, 4) is 23.3 Å². The van der Waals surface area contributed by atoms with E-state index < -0.39 is 23.8 Å². The molecular weight excluding hydrogens is 390 g/mol. The maximum atomic E-state index is 13.4. The van der Waals surface area contributed by atoms with E-state index in [0.717, 1.165) is 4.90 Å². The number of alkyl halides is 2. The molecule has 29 heavy (non-hydrogen) atoms. The first kappa shape index (κ1) is 18.8. The van der Waals surface area contributed by atoms with E-state index in [-0.39, 0.29) is 28.9 Å². The van der Waals surface area contributed by atoms with Crippen LogP contribution in [0.4, 0.5) is 19.3 Å². The Hall–Kier alpha value is -3.50. The Labute approximate surface area is 163 Å². The lowest BCUT2D eigenvalue weighted by atomic mass is 9.99. The van der Waals surface area contributed by atoms with Crippen molar-refractivity contribution in [2.75, 3.05) is 4.90 Å². The molecule has 2 aromatic rings. The third kappa shape index (κ3) is 3.08. The van der Waals surface area contributed by atoms with Crippen molar-refractivity contribution >= 4 is 17.6 Å². The number of carbonyl (C=O) groups is 2. The highest BCUT2D eigenvalue weighted by molar-refractivity contribution is 6.23. The summed E-state index contributed by atoms with van der Waals surface area (Å²) in [5, 5.41) is 2.62. The van der Waals surface area contributed by atoms with Crippen molar-refractivity contribution in [2.24, 2.45) is 0 Å². The molecule has 152 valence electrons. The van der Waals surface area contributed by atoms with Crippen LogP contribution < -0.4 is 24.4 Å². The van der Waals surface area contributed by atoms with E-state index in [9.17, 15) is 18.4 Å². The number of hydrogen-bond acceptors (Lipinski definition) is 7.